The van der Waals surface area contributed by atoms with Crippen molar-refractivity contribution < 1.29 is 14.6 Å². The standard InChI is InChI=1S/C13H22O3/c1-16-11-6-4-5-10(9-11)13(12(14)15)7-2-3-8-13/h10-11H,2-9H2,1H3,(H,14,15). The van der Waals surface area contributed by atoms with E-state index in [2.05, 4.69) is 0 Å². The Morgan fingerprint density at radius 3 is 2.50 bits per heavy atom. The number of carbonyl (C=O) groups is 1. The van der Waals surface area contributed by atoms with Gasteiger partial charge in [0.05, 0.1) is 11.5 Å². The fourth-order valence-electron chi connectivity index (χ4n) is 3.66. The van der Waals surface area contributed by atoms with E-state index in [9.17, 15) is 9.90 Å². The highest BCUT2D eigenvalue weighted by molar-refractivity contribution is 5.75. The molecule has 2 unspecified atom stereocenters. The molecule has 3 nitrogen and oxygen atoms in total. The number of hydrogen-bond acceptors (Lipinski definition) is 2. The molecule has 16 heavy (non-hydrogen) atoms. The third kappa shape index (κ3) is 1.97. The second kappa shape index (κ2) is 4.74. The molecule has 2 aliphatic carbocycles. The van der Waals surface area contributed by atoms with Crippen molar-refractivity contribution in [2.75, 3.05) is 7.11 Å². The lowest BCUT2D eigenvalue weighted by atomic mass is 9.67. The van der Waals surface area contributed by atoms with Crippen LogP contribution in [0.4, 0.5) is 0 Å². The minimum absolute atomic E-state index is 0.288. The molecule has 0 radical (unpaired) electrons. The van der Waals surface area contributed by atoms with Crippen molar-refractivity contribution in [3.8, 4) is 0 Å². The monoisotopic (exact) mass is 226 g/mol. The first-order valence-corrected chi connectivity index (χ1v) is 6.45. The molecular weight excluding hydrogens is 204 g/mol. The third-order valence-electron chi connectivity index (χ3n) is 4.66. The molecule has 0 heterocycles. The number of carboxylic acid groups (broad SMARTS) is 1. The van der Waals surface area contributed by atoms with Crippen molar-refractivity contribution in [2.24, 2.45) is 11.3 Å². The van der Waals surface area contributed by atoms with Crippen LogP contribution in [0.5, 0.6) is 0 Å². The van der Waals surface area contributed by atoms with Gasteiger partial charge in [-0.05, 0) is 38.0 Å². The van der Waals surface area contributed by atoms with Gasteiger partial charge in [0.1, 0.15) is 0 Å². The van der Waals surface area contributed by atoms with Crippen LogP contribution in [0.15, 0.2) is 0 Å². The summed E-state index contributed by atoms with van der Waals surface area (Å²) in [7, 11) is 1.75. The van der Waals surface area contributed by atoms with E-state index in [0.717, 1.165) is 51.4 Å². The summed E-state index contributed by atoms with van der Waals surface area (Å²) in [6.07, 6.45) is 8.46. The molecule has 0 saturated heterocycles. The van der Waals surface area contributed by atoms with Crippen molar-refractivity contribution >= 4 is 5.97 Å². The van der Waals surface area contributed by atoms with Crippen molar-refractivity contribution in [1.82, 2.24) is 0 Å². The molecule has 0 spiro atoms. The van der Waals surface area contributed by atoms with Crippen LogP contribution >= 0.6 is 0 Å². The van der Waals surface area contributed by atoms with Crippen LogP contribution in [-0.2, 0) is 9.53 Å². The number of carboxylic acids is 1. The zero-order valence-corrected chi connectivity index (χ0v) is 10.1. The summed E-state index contributed by atoms with van der Waals surface area (Å²) in [5.41, 5.74) is -0.419. The van der Waals surface area contributed by atoms with Gasteiger partial charge in [0, 0.05) is 7.11 Å². The molecule has 2 rings (SSSR count). The van der Waals surface area contributed by atoms with Gasteiger partial charge in [-0.2, -0.15) is 0 Å². The maximum atomic E-state index is 11.6. The molecular formula is C13H22O3. The Labute approximate surface area is 97.2 Å². The first-order valence-electron chi connectivity index (χ1n) is 6.45. The summed E-state index contributed by atoms with van der Waals surface area (Å²) < 4.78 is 5.41. The van der Waals surface area contributed by atoms with Crippen molar-refractivity contribution in [1.29, 1.82) is 0 Å². The number of methoxy groups -OCH3 is 1. The van der Waals surface area contributed by atoms with E-state index in [0.29, 0.717) is 5.92 Å². The number of aliphatic carboxylic acids is 1. The van der Waals surface area contributed by atoms with E-state index >= 15 is 0 Å². The highest BCUT2D eigenvalue weighted by Crippen LogP contribution is 2.50. The van der Waals surface area contributed by atoms with E-state index in [1.54, 1.807) is 7.11 Å². The van der Waals surface area contributed by atoms with Gasteiger partial charge in [0.2, 0.25) is 0 Å². The molecule has 2 atom stereocenters. The van der Waals surface area contributed by atoms with Crippen LogP contribution in [-0.4, -0.2) is 24.3 Å². The first-order chi connectivity index (χ1) is 7.69. The second-order valence-corrected chi connectivity index (χ2v) is 5.39. The Bertz CT molecular complexity index is 256. The lowest BCUT2D eigenvalue weighted by Gasteiger charge is -2.38. The van der Waals surface area contributed by atoms with Gasteiger partial charge in [0.15, 0.2) is 0 Å². The average molecular weight is 226 g/mol. The van der Waals surface area contributed by atoms with E-state index < -0.39 is 11.4 Å². The Morgan fingerprint density at radius 2 is 1.94 bits per heavy atom. The molecule has 0 aromatic carbocycles. The third-order valence-corrected chi connectivity index (χ3v) is 4.66. The lowest BCUT2D eigenvalue weighted by molar-refractivity contribution is -0.154. The smallest absolute Gasteiger partial charge is 0.309 e. The molecule has 92 valence electrons. The minimum atomic E-state index is -0.563. The molecule has 2 fully saturated rings. The van der Waals surface area contributed by atoms with E-state index in [4.69, 9.17) is 4.74 Å². The Balaban J connectivity index is 2.11. The topological polar surface area (TPSA) is 46.5 Å². The highest BCUT2D eigenvalue weighted by atomic mass is 16.5. The fourth-order valence-corrected chi connectivity index (χ4v) is 3.66. The van der Waals surface area contributed by atoms with Crippen LogP contribution in [0.2, 0.25) is 0 Å². The van der Waals surface area contributed by atoms with E-state index in [1.165, 1.54) is 0 Å². The molecule has 2 aliphatic rings. The quantitative estimate of drug-likeness (QED) is 0.805. The summed E-state index contributed by atoms with van der Waals surface area (Å²) in [5.74, 6) is -0.224. The van der Waals surface area contributed by atoms with Crippen molar-refractivity contribution in [3.63, 3.8) is 0 Å². The predicted molar refractivity (Wildman–Crippen MR) is 61.3 cm³/mol. The van der Waals surface area contributed by atoms with Crippen molar-refractivity contribution in [3.05, 3.63) is 0 Å². The Kier molecular flexibility index (Phi) is 3.53. The minimum Gasteiger partial charge on any atom is -0.481 e. The fraction of sp³-hybridized carbons (Fsp3) is 0.923. The zero-order chi connectivity index (χ0) is 11.6. The highest BCUT2D eigenvalue weighted by Gasteiger charge is 2.48. The largest absolute Gasteiger partial charge is 0.481 e. The Hall–Kier alpha value is -0.570. The van der Waals surface area contributed by atoms with Crippen molar-refractivity contribution in [2.45, 2.75) is 57.5 Å². The van der Waals surface area contributed by atoms with Crippen LogP contribution in [0, 0.1) is 11.3 Å². The van der Waals surface area contributed by atoms with Gasteiger partial charge in [-0.1, -0.05) is 19.3 Å². The Morgan fingerprint density at radius 1 is 1.25 bits per heavy atom. The number of hydrogen-bond donors (Lipinski definition) is 1. The SMILES string of the molecule is COC1CCCC(C2(C(=O)O)CCCC2)C1. The van der Waals surface area contributed by atoms with Gasteiger partial charge in [-0.3, -0.25) is 4.79 Å². The second-order valence-electron chi connectivity index (χ2n) is 5.39. The van der Waals surface area contributed by atoms with Gasteiger partial charge < -0.3 is 9.84 Å². The lowest BCUT2D eigenvalue weighted by Crippen LogP contribution is -2.40. The molecule has 0 bridgehead atoms. The molecule has 1 N–H and O–H groups in total. The van der Waals surface area contributed by atoms with Gasteiger partial charge >= 0.3 is 5.97 Å². The summed E-state index contributed by atoms with van der Waals surface area (Å²) >= 11 is 0. The summed E-state index contributed by atoms with van der Waals surface area (Å²) in [5, 5.41) is 9.53. The number of ether oxygens (including phenoxy) is 1. The molecule has 0 aliphatic heterocycles. The van der Waals surface area contributed by atoms with Gasteiger partial charge in [-0.25, -0.2) is 0 Å². The summed E-state index contributed by atoms with van der Waals surface area (Å²) in [4.78, 5) is 11.6. The molecule has 2 saturated carbocycles. The van der Waals surface area contributed by atoms with Gasteiger partial charge in [0.25, 0.3) is 0 Å². The maximum Gasteiger partial charge on any atom is 0.309 e. The maximum absolute atomic E-state index is 11.6. The number of rotatable bonds is 3. The van der Waals surface area contributed by atoms with Crippen LogP contribution in [0.3, 0.4) is 0 Å². The van der Waals surface area contributed by atoms with Crippen LogP contribution in [0.1, 0.15) is 51.4 Å². The predicted octanol–water partition coefficient (Wildman–Crippen LogP) is 2.84. The summed E-state index contributed by atoms with van der Waals surface area (Å²) in [6.45, 7) is 0. The zero-order valence-electron chi connectivity index (χ0n) is 10.1. The summed E-state index contributed by atoms with van der Waals surface area (Å²) in [6, 6.07) is 0. The van der Waals surface area contributed by atoms with Gasteiger partial charge in [-0.15, -0.1) is 0 Å². The molecule has 0 aromatic rings. The van der Waals surface area contributed by atoms with E-state index in [1.807, 2.05) is 0 Å². The first kappa shape index (κ1) is 11.9. The molecule has 0 amide bonds. The molecule has 3 heteroatoms. The normalized spacial score (nSPS) is 33.8. The average Bonchev–Trinajstić information content (AvgIpc) is 2.79. The molecule has 0 aromatic heterocycles. The van der Waals surface area contributed by atoms with E-state index in [-0.39, 0.29) is 6.10 Å². The van der Waals surface area contributed by atoms with Crippen LogP contribution < -0.4 is 0 Å². The van der Waals surface area contributed by atoms with Crippen LogP contribution in [0.25, 0.3) is 0 Å².